The second-order valence-electron chi connectivity index (χ2n) is 4.29. The van der Waals surface area contributed by atoms with E-state index in [1.165, 1.54) is 5.56 Å². The highest BCUT2D eigenvalue weighted by atomic mass is 15.2. The Morgan fingerprint density at radius 3 is 2.61 bits per heavy atom. The van der Waals surface area contributed by atoms with Crippen molar-refractivity contribution in [2.24, 2.45) is 0 Å². The summed E-state index contributed by atoms with van der Waals surface area (Å²) in [5, 5.41) is 11.8. The lowest BCUT2D eigenvalue weighted by atomic mass is 10.1. The van der Waals surface area contributed by atoms with Crippen molar-refractivity contribution in [1.82, 2.24) is 10.2 Å². The molecule has 0 aliphatic rings. The fraction of sp³-hybridized carbons (Fsp3) is 0.133. The number of nitrogens with zero attached hydrogens (tertiary/aromatic N) is 1. The Labute approximate surface area is 106 Å². The summed E-state index contributed by atoms with van der Waals surface area (Å²) >= 11 is 0. The van der Waals surface area contributed by atoms with E-state index in [1.807, 2.05) is 18.2 Å². The van der Waals surface area contributed by atoms with Gasteiger partial charge in [0.05, 0.1) is 5.52 Å². The zero-order chi connectivity index (χ0) is 12.4. The number of nitrogens with one attached hydrogen (secondary N) is 2. The van der Waals surface area contributed by atoms with Crippen LogP contribution < -0.4 is 5.32 Å². The van der Waals surface area contributed by atoms with Gasteiger partial charge in [-0.15, -0.1) is 0 Å². The summed E-state index contributed by atoms with van der Waals surface area (Å²) in [4.78, 5) is 0. The highest BCUT2D eigenvalue weighted by molar-refractivity contribution is 5.91. The van der Waals surface area contributed by atoms with Gasteiger partial charge < -0.3 is 5.32 Å². The molecule has 0 amide bonds. The van der Waals surface area contributed by atoms with Crippen molar-refractivity contribution in [2.75, 3.05) is 5.32 Å². The van der Waals surface area contributed by atoms with Gasteiger partial charge in [-0.25, -0.2) is 0 Å². The van der Waals surface area contributed by atoms with Gasteiger partial charge in [-0.05, 0) is 36.2 Å². The molecule has 1 aromatic heterocycles. The van der Waals surface area contributed by atoms with Crippen LogP contribution in [0.5, 0.6) is 0 Å². The smallest absolute Gasteiger partial charge is 0.160 e. The third-order valence-electron chi connectivity index (χ3n) is 3.10. The van der Waals surface area contributed by atoms with Crippen LogP contribution in [0.15, 0.2) is 48.5 Å². The highest BCUT2D eigenvalue weighted by Gasteiger charge is 2.04. The molecule has 18 heavy (non-hydrogen) atoms. The monoisotopic (exact) mass is 237 g/mol. The van der Waals surface area contributed by atoms with Gasteiger partial charge in [0, 0.05) is 11.1 Å². The average Bonchev–Trinajstić information content (AvgIpc) is 2.83. The third kappa shape index (κ3) is 1.95. The normalized spacial score (nSPS) is 10.7. The van der Waals surface area contributed by atoms with Crippen molar-refractivity contribution in [3.05, 3.63) is 54.1 Å². The second-order valence-corrected chi connectivity index (χ2v) is 4.29. The summed E-state index contributed by atoms with van der Waals surface area (Å²) in [7, 11) is 0. The minimum Gasteiger partial charge on any atom is -0.338 e. The highest BCUT2D eigenvalue weighted by Crippen LogP contribution is 2.23. The Morgan fingerprint density at radius 2 is 1.83 bits per heavy atom. The Kier molecular flexibility index (Phi) is 2.73. The largest absolute Gasteiger partial charge is 0.338 e. The first kappa shape index (κ1) is 10.8. The van der Waals surface area contributed by atoms with Crippen LogP contribution >= 0.6 is 0 Å². The average molecular weight is 237 g/mol. The van der Waals surface area contributed by atoms with Crippen LogP contribution in [-0.2, 0) is 6.42 Å². The molecule has 0 aliphatic carbocycles. The SMILES string of the molecule is CCc1ccc(Nc2n[nH]c3ccccc23)cc1. The summed E-state index contributed by atoms with van der Waals surface area (Å²) in [6, 6.07) is 16.5. The van der Waals surface area contributed by atoms with Gasteiger partial charge in [-0.1, -0.05) is 31.2 Å². The summed E-state index contributed by atoms with van der Waals surface area (Å²) in [5.41, 5.74) is 3.45. The van der Waals surface area contributed by atoms with Gasteiger partial charge in [-0.3, -0.25) is 5.10 Å². The van der Waals surface area contributed by atoms with Crippen LogP contribution in [0.4, 0.5) is 11.5 Å². The van der Waals surface area contributed by atoms with Gasteiger partial charge in [0.2, 0.25) is 0 Å². The van der Waals surface area contributed by atoms with E-state index >= 15 is 0 Å². The molecule has 3 heteroatoms. The second kappa shape index (κ2) is 4.53. The molecule has 0 unspecified atom stereocenters. The van der Waals surface area contributed by atoms with Gasteiger partial charge >= 0.3 is 0 Å². The summed E-state index contributed by atoms with van der Waals surface area (Å²) in [5.74, 6) is 0.870. The minimum absolute atomic E-state index is 0.870. The predicted molar refractivity (Wildman–Crippen MR) is 75.2 cm³/mol. The van der Waals surface area contributed by atoms with E-state index in [0.29, 0.717) is 0 Å². The zero-order valence-corrected chi connectivity index (χ0v) is 10.3. The fourth-order valence-electron chi connectivity index (χ4n) is 2.02. The number of aromatic amines is 1. The van der Waals surface area contributed by atoms with Crippen LogP contribution in [0.25, 0.3) is 10.9 Å². The molecule has 0 saturated carbocycles. The molecule has 3 nitrogen and oxygen atoms in total. The van der Waals surface area contributed by atoms with E-state index in [9.17, 15) is 0 Å². The Bertz CT molecular complexity index is 653. The van der Waals surface area contributed by atoms with Crippen molar-refractivity contribution < 1.29 is 0 Å². The van der Waals surface area contributed by atoms with Crippen molar-refractivity contribution in [2.45, 2.75) is 13.3 Å². The molecule has 0 fully saturated rings. The lowest BCUT2D eigenvalue weighted by Gasteiger charge is -2.04. The van der Waals surface area contributed by atoms with Gasteiger partial charge in [0.25, 0.3) is 0 Å². The first-order valence-electron chi connectivity index (χ1n) is 6.16. The molecule has 0 saturated heterocycles. The molecule has 0 radical (unpaired) electrons. The van der Waals surface area contributed by atoms with Crippen LogP contribution in [0.1, 0.15) is 12.5 Å². The van der Waals surface area contributed by atoms with Gasteiger partial charge in [0.15, 0.2) is 5.82 Å². The third-order valence-corrected chi connectivity index (χ3v) is 3.10. The maximum Gasteiger partial charge on any atom is 0.160 e. The molecule has 0 aliphatic heterocycles. The first-order chi connectivity index (χ1) is 8.86. The molecule has 90 valence electrons. The number of H-pyrrole nitrogens is 1. The van der Waals surface area contributed by atoms with Crippen LogP contribution in [-0.4, -0.2) is 10.2 Å². The number of aromatic nitrogens is 2. The summed E-state index contributed by atoms with van der Waals surface area (Å²) < 4.78 is 0. The summed E-state index contributed by atoms with van der Waals surface area (Å²) in [6.07, 6.45) is 1.06. The molecule has 2 aromatic carbocycles. The van der Waals surface area contributed by atoms with E-state index in [-0.39, 0.29) is 0 Å². The van der Waals surface area contributed by atoms with E-state index < -0.39 is 0 Å². The Morgan fingerprint density at radius 1 is 1.06 bits per heavy atom. The van der Waals surface area contributed by atoms with Gasteiger partial charge in [-0.2, -0.15) is 5.10 Å². The van der Waals surface area contributed by atoms with Crippen LogP contribution in [0, 0.1) is 0 Å². The van der Waals surface area contributed by atoms with Gasteiger partial charge in [0.1, 0.15) is 0 Å². The number of hydrogen-bond acceptors (Lipinski definition) is 2. The number of benzene rings is 2. The van der Waals surface area contributed by atoms with E-state index in [0.717, 1.165) is 28.8 Å². The molecular weight excluding hydrogens is 222 g/mol. The fourth-order valence-corrected chi connectivity index (χ4v) is 2.02. The molecule has 2 N–H and O–H groups in total. The molecule has 3 aromatic rings. The van der Waals surface area contributed by atoms with Crippen molar-refractivity contribution in [3.8, 4) is 0 Å². The maximum atomic E-state index is 4.30. The predicted octanol–water partition coefficient (Wildman–Crippen LogP) is 3.87. The number of para-hydroxylation sites is 1. The number of fused-ring (bicyclic) bond motifs is 1. The van der Waals surface area contributed by atoms with Crippen molar-refractivity contribution in [3.63, 3.8) is 0 Å². The van der Waals surface area contributed by atoms with E-state index in [2.05, 4.69) is 52.8 Å². The Hall–Kier alpha value is -2.29. The number of anilines is 2. The standard InChI is InChI=1S/C15H15N3/c1-2-11-7-9-12(10-8-11)16-15-13-5-3-4-6-14(13)17-18-15/h3-10H,2H2,1H3,(H2,16,17,18). The molecule has 0 spiro atoms. The maximum absolute atomic E-state index is 4.30. The lowest BCUT2D eigenvalue weighted by molar-refractivity contribution is 1.12. The summed E-state index contributed by atoms with van der Waals surface area (Å²) in [6.45, 7) is 2.16. The number of hydrogen-bond donors (Lipinski definition) is 2. The minimum atomic E-state index is 0.870. The molecule has 1 heterocycles. The zero-order valence-electron chi connectivity index (χ0n) is 10.3. The van der Waals surface area contributed by atoms with Crippen molar-refractivity contribution >= 4 is 22.4 Å². The van der Waals surface area contributed by atoms with Crippen LogP contribution in [0.3, 0.4) is 0 Å². The van der Waals surface area contributed by atoms with E-state index in [1.54, 1.807) is 0 Å². The van der Waals surface area contributed by atoms with Crippen molar-refractivity contribution in [1.29, 1.82) is 0 Å². The molecular formula is C15H15N3. The topological polar surface area (TPSA) is 40.7 Å². The Balaban J connectivity index is 1.91. The van der Waals surface area contributed by atoms with Crippen LogP contribution in [0.2, 0.25) is 0 Å². The molecule has 3 rings (SSSR count). The quantitative estimate of drug-likeness (QED) is 0.726. The number of aryl methyl sites for hydroxylation is 1. The first-order valence-corrected chi connectivity index (χ1v) is 6.16. The lowest BCUT2D eigenvalue weighted by Crippen LogP contribution is -1.91. The number of rotatable bonds is 3. The molecule has 0 atom stereocenters. The molecule has 0 bridgehead atoms. The van der Waals surface area contributed by atoms with E-state index in [4.69, 9.17) is 0 Å².